The Morgan fingerprint density at radius 1 is 1.26 bits per heavy atom. The van der Waals surface area contributed by atoms with Crippen LogP contribution in [0.25, 0.3) is 0 Å². The fourth-order valence-electron chi connectivity index (χ4n) is 2.10. The molecule has 122 valence electrons. The smallest absolute Gasteiger partial charge is 0.251 e. The summed E-state index contributed by atoms with van der Waals surface area (Å²) in [6.45, 7) is 2.74. The van der Waals surface area contributed by atoms with Gasteiger partial charge in [0, 0.05) is 23.6 Å². The van der Waals surface area contributed by atoms with Crippen LogP contribution in [0.3, 0.4) is 0 Å². The lowest BCUT2D eigenvalue weighted by Gasteiger charge is -2.08. The average Bonchev–Trinajstić information content (AvgIpc) is 2.56. The van der Waals surface area contributed by atoms with Crippen molar-refractivity contribution in [3.63, 3.8) is 0 Å². The van der Waals surface area contributed by atoms with E-state index in [-0.39, 0.29) is 5.91 Å². The van der Waals surface area contributed by atoms with Gasteiger partial charge in [-0.25, -0.2) is 0 Å². The molecule has 0 unspecified atom stereocenters. The lowest BCUT2D eigenvalue weighted by Crippen LogP contribution is -2.25. The predicted octanol–water partition coefficient (Wildman–Crippen LogP) is 4.32. The number of rotatable bonds is 7. The molecule has 0 radical (unpaired) electrons. The first-order valence-corrected chi connectivity index (χ1v) is 8.89. The first-order chi connectivity index (χ1) is 11.1. The van der Waals surface area contributed by atoms with E-state index < -0.39 is 0 Å². The van der Waals surface area contributed by atoms with Crippen molar-refractivity contribution in [3.8, 4) is 5.75 Å². The molecule has 1 N–H and O–H groups in total. The third kappa shape index (κ3) is 5.19. The van der Waals surface area contributed by atoms with Gasteiger partial charge in [0.2, 0.25) is 0 Å². The molecule has 0 fully saturated rings. The van der Waals surface area contributed by atoms with Gasteiger partial charge in [-0.05, 0) is 36.2 Å². The van der Waals surface area contributed by atoms with E-state index >= 15 is 0 Å². The number of carbonyl (C=O) groups is 1. The Kier molecular flexibility index (Phi) is 6.81. The van der Waals surface area contributed by atoms with Gasteiger partial charge in [-0.3, -0.25) is 4.79 Å². The third-order valence-electron chi connectivity index (χ3n) is 3.46. The van der Waals surface area contributed by atoms with Crippen molar-refractivity contribution < 1.29 is 9.53 Å². The quantitative estimate of drug-likeness (QED) is 0.756. The number of halogens is 1. The summed E-state index contributed by atoms with van der Waals surface area (Å²) in [5.41, 5.74) is 3.18. The molecule has 0 saturated carbocycles. The highest BCUT2D eigenvalue weighted by molar-refractivity contribution is 7.98. The molecule has 2 aromatic rings. The zero-order chi connectivity index (χ0) is 16.7. The van der Waals surface area contributed by atoms with Gasteiger partial charge in [-0.15, -0.1) is 0 Å². The van der Waals surface area contributed by atoms with Crippen LogP contribution in [-0.2, 0) is 5.75 Å². The first-order valence-electron chi connectivity index (χ1n) is 7.36. The molecule has 0 aliphatic heterocycles. The van der Waals surface area contributed by atoms with Crippen LogP contribution >= 0.6 is 23.4 Å². The Labute approximate surface area is 146 Å². The third-order valence-corrected chi connectivity index (χ3v) is 4.77. The van der Waals surface area contributed by atoms with Crippen molar-refractivity contribution in [2.45, 2.75) is 12.7 Å². The summed E-state index contributed by atoms with van der Waals surface area (Å²) >= 11 is 7.84. The Morgan fingerprint density at radius 2 is 2.04 bits per heavy atom. The maximum absolute atomic E-state index is 12.1. The van der Waals surface area contributed by atoms with Crippen molar-refractivity contribution in [2.24, 2.45) is 0 Å². The Morgan fingerprint density at radius 3 is 2.74 bits per heavy atom. The molecule has 0 aromatic heterocycles. The largest absolute Gasteiger partial charge is 0.495 e. The van der Waals surface area contributed by atoms with Crippen LogP contribution in [0.2, 0.25) is 5.02 Å². The molecular formula is C18H20ClNO2S. The van der Waals surface area contributed by atoms with E-state index in [1.54, 1.807) is 37.1 Å². The molecule has 2 aromatic carbocycles. The van der Waals surface area contributed by atoms with Gasteiger partial charge in [0.05, 0.1) is 12.1 Å². The second-order valence-corrected chi connectivity index (χ2v) is 6.60. The standard InChI is InChI=1S/C18H20ClNO2S/c1-13-5-3-4-6-15(13)12-23-10-9-20-18(21)14-7-8-17(22-2)16(19)11-14/h3-8,11H,9-10,12H2,1-2H3,(H,20,21). The summed E-state index contributed by atoms with van der Waals surface area (Å²) in [7, 11) is 1.55. The van der Waals surface area contributed by atoms with E-state index in [0.29, 0.717) is 22.9 Å². The summed E-state index contributed by atoms with van der Waals surface area (Å²) < 4.78 is 5.08. The lowest BCUT2D eigenvalue weighted by atomic mass is 10.1. The normalized spacial score (nSPS) is 10.4. The van der Waals surface area contributed by atoms with Crippen LogP contribution in [0.5, 0.6) is 5.75 Å². The maximum atomic E-state index is 12.1. The van der Waals surface area contributed by atoms with Crippen molar-refractivity contribution in [1.29, 1.82) is 0 Å². The van der Waals surface area contributed by atoms with Crippen LogP contribution in [-0.4, -0.2) is 25.3 Å². The van der Waals surface area contributed by atoms with E-state index in [9.17, 15) is 4.79 Å². The SMILES string of the molecule is COc1ccc(C(=O)NCCSCc2ccccc2C)cc1Cl. The average molecular weight is 350 g/mol. The van der Waals surface area contributed by atoms with Crippen molar-refractivity contribution in [2.75, 3.05) is 19.4 Å². The lowest BCUT2D eigenvalue weighted by molar-refractivity contribution is 0.0956. The topological polar surface area (TPSA) is 38.3 Å². The van der Waals surface area contributed by atoms with E-state index in [0.717, 1.165) is 11.5 Å². The summed E-state index contributed by atoms with van der Waals surface area (Å²) in [5.74, 6) is 2.27. The highest BCUT2D eigenvalue weighted by Gasteiger charge is 2.08. The van der Waals surface area contributed by atoms with Crippen LogP contribution in [0.1, 0.15) is 21.5 Å². The molecule has 0 atom stereocenters. The van der Waals surface area contributed by atoms with Crippen LogP contribution in [0, 0.1) is 6.92 Å². The van der Waals surface area contributed by atoms with Crippen LogP contribution in [0.15, 0.2) is 42.5 Å². The number of thioether (sulfide) groups is 1. The summed E-state index contributed by atoms with van der Waals surface area (Å²) in [6.07, 6.45) is 0. The van der Waals surface area contributed by atoms with E-state index in [1.165, 1.54) is 11.1 Å². The molecular weight excluding hydrogens is 330 g/mol. The second-order valence-electron chi connectivity index (χ2n) is 5.08. The molecule has 0 saturated heterocycles. The highest BCUT2D eigenvalue weighted by atomic mass is 35.5. The molecule has 0 aliphatic carbocycles. The molecule has 5 heteroatoms. The van der Waals surface area contributed by atoms with Crippen LogP contribution < -0.4 is 10.1 Å². The molecule has 1 amide bonds. The van der Waals surface area contributed by atoms with Gasteiger partial charge >= 0.3 is 0 Å². The van der Waals surface area contributed by atoms with Gasteiger partial charge in [0.15, 0.2) is 0 Å². The first kappa shape index (κ1) is 17.7. The fraction of sp³-hybridized carbons (Fsp3) is 0.278. The number of hydrogen-bond donors (Lipinski definition) is 1. The highest BCUT2D eigenvalue weighted by Crippen LogP contribution is 2.24. The van der Waals surface area contributed by atoms with Crippen molar-refractivity contribution in [3.05, 3.63) is 64.2 Å². The maximum Gasteiger partial charge on any atom is 0.251 e. The van der Waals surface area contributed by atoms with Gasteiger partial charge < -0.3 is 10.1 Å². The second kappa shape index (κ2) is 8.85. The number of amides is 1. The molecule has 23 heavy (non-hydrogen) atoms. The summed E-state index contributed by atoms with van der Waals surface area (Å²) in [5, 5.41) is 3.34. The number of ether oxygens (including phenoxy) is 1. The molecule has 0 bridgehead atoms. The van der Waals surface area contributed by atoms with Crippen LogP contribution in [0.4, 0.5) is 0 Å². The molecule has 0 aliphatic rings. The van der Waals surface area contributed by atoms with E-state index in [1.807, 2.05) is 6.07 Å². The minimum atomic E-state index is -0.119. The number of aryl methyl sites for hydroxylation is 1. The number of carbonyl (C=O) groups excluding carboxylic acids is 1. The zero-order valence-corrected chi connectivity index (χ0v) is 14.8. The van der Waals surface area contributed by atoms with Gasteiger partial charge in [-0.1, -0.05) is 35.9 Å². The molecule has 3 nitrogen and oxygen atoms in total. The fourth-order valence-corrected chi connectivity index (χ4v) is 3.29. The minimum absolute atomic E-state index is 0.119. The van der Waals surface area contributed by atoms with Crippen molar-refractivity contribution >= 4 is 29.3 Å². The number of benzene rings is 2. The van der Waals surface area contributed by atoms with Gasteiger partial charge in [0.25, 0.3) is 5.91 Å². The van der Waals surface area contributed by atoms with E-state index in [2.05, 4.69) is 30.4 Å². The summed E-state index contributed by atoms with van der Waals surface area (Å²) in [4.78, 5) is 12.1. The minimum Gasteiger partial charge on any atom is -0.495 e. The van der Waals surface area contributed by atoms with Gasteiger partial charge in [0.1, 0.15) is 5.75 Å². The van der Waals surface area contributed by atoms with E-state index in [4.69, 9.17) is 16.3 Å². The molecule has 0 spiro atoms. The Balaban J connectivity index is 1.75. The molecule has 0 heterocycles. The predicted molar refractivity (Wildman–Crippen MR) is 97.7 cm³/mol. The Hall–Kier alpha value is -1.65. The monoisotopic (exact) mass is 349 g/mol. The van der Waals surface area contributed by atoms with Gasteiger partial charge in [-0.2, -0.15) is 11.8 Å². The number of nitrogens with one attached hydrogen (secondary N) is 1. The number of methoxy groups -OCH3 is 1. The Bertz CT molecular complexity index is 676. The zero-order valence-electron chi connectivity index (χ0n) is 13.3. The number of hydrogen-bond acceptors (Lipinski definition) is 3. The molecule has 2 rings (SSSR count). The summed E-state index contributed by atoms with van der Waals surface area (Å²) in [6, 6.07) is 13.4. The van der Waals surface area contributed by atoms with Crippen molar-refractivity contribution in [1.82, 2.24) is 5.32 Å².